The van der Waals surface area contributed by atoms with Crippen LogP contribution in [-0.2, 0) is 19.1 Å². The molecule has 0 heterocycles. The maximum Gasteiger partial charge on any atom is 0.322 e. The maximum atomic E-state index is 11.0. The fourth-order valence-corrected chi connectivity index (χ4v) is 0.904. The Bertz CT molecular complexity index is 238. The molecule has 0 fully saturated rings. The van der Waals surface area contributed by atoms with E-state index in [0.717, 1.165) is 0 Å². The summed E-state index contributed by atoms with van der Waals surface area (Å²) >= 11 is 5.30. The van der Waals surface area contributed by atoms with Crippen LogP contribution in [0.4, 0.5) is 0 Å². The summed E-state index contributed by atoms with van der Waals surface area (Å²) in [7, 11) is 0. The first kappa shape index (κ1) is 12.9. The van der Waals surface area contributed by atoms with Gasteiger partial charge in [-0.25, -0.2) is 0 Å². The predicted molar refractivity (Wildman–Crippen MR) is 48.2 cm³/mol. The van der Waals surface area contributed by atoms with Gasteiger partial charge in [-0.05, 0) is 6.92 Å². The third-order valence-electron chi connectivity index (χ3n) is 1.32. The number of ether oxygens (including phenoxy) is 1. The molecule has 0 saturated carbocycles. The van der Waals surface area contributed by atoms with Gasteiger partial charge in [-0.3, -0.25) is 14.4 Å². The summed E-state index contributed by atoms with van der Waals surface area (Å²) in [5, 5.41) is 7.09. The molecule has 0 rings (SSSR count). The number of carboxylic acid groups (broad SMARTS) is 1. The number of esters is 1. The molecule has 80 valence electrons. The van der Waals surface area contributed by atoms with Crippen LogP contribution >= 0.6 is 11.6 Å². The Morgan fingerprint density at radius 2 is 2.00 bits per heavy atom. The minimum atomic E-state index is -1.28. The molecule has 6 heteroatoms. The fourth-order valence-electron chi connectivity index (χ4n) is 0.732. The van der Waals surface area contributed by atoms with Crippen molar-refractivity contribution in [3.8, 4) is 0 Å². The third kappa shape index (κ3) is 5.53. The standard InChI is InChI=1S/C8H11ClO5/c1-2-14-7(11)4-5(10)3-6(9)8(12)13/h6H,2-4H2,1H3,(H,12,13). The highest BCUT2D eigenvalue weighted by Crippen LogP contribution is 2.05. The number of hydrogen-bond acceptors (Lipinski definition) is 4. The van der Waals surface area contributed by atoms with Crippen LogP contribution in [0.2, 0.25) is 0 Å². The Morgan fingerprint density at radius 1 is 1.43 bits per heavy atom. The molecule has 0 aromatic carbocycles. The second-order valence-electron chi connectivity index (χ2n) is 2.53. The van der Waals surface area contributed by atoms with E-state index in [9.17, 15) is 14.4 Å². The SMILES string of the molecule is CCOC(=O)CC(=O)CC(Cl)C(=O)O. The van der Waals surface area contributed by atoms with E-state index >= 15 is 0 Å². The van der Waals surface area contributed by atoms with Crippen LogP contribution < -0.4 is 0 Å². The minimum Gasteiger partial charge on any atom is -0.480 e. The predicted octanol–water partition coefficient (Wildman–Crippen LogP) is 0.591. The molecule has 0 bridgehead atoms. The highest BCUT2D eigenvalue weighted by Gasteiger charge is 2.20. The normalized spacial score (nSPS) is 11.9. The van der Waals surface area contributed by atoms with Crippen molar-refractivity contribution < 1.29 is 24.2 Å². The molecule has 0 radical (unpaired) electrons. The summed E-state index contributed by atoms with van der Waals surface area (Å²) < 4.78 is 4.50. The lowest BCUT2D eigenvalue weighted by Gasteiger charge is -2.03. The molecule has 5 nitrogen and oxygen atoms in total. The van der Waals surface area contributed by atoms with Crippen molar-refractivity contribution in [2.45, 2.75) is 25.1 Å². The number of carbonyl (C=O) groups excluding carboxylic acids is 2. The Hall–Kier alpha value is -1.10. The molecule has 1 atom stereocenters. The summed E-state index contributed by atoms with van der Waals surface area (Å²) in [4.78, 5) is 32.0. The van der Waals surface area contributed by atoms with E-state index in [-0.39, 0.29) is 13.0 Å². The molecule has 0 aliphatic rings. The highest BCUT2D eigenvalue weighted by molar-refractivity contribution is 6.30. The summed E-state index contributed by atoms with van der Waals surface area (Å²) in [5.74, 6) is -2.47. The van der Waals surface area contributed by atoms with Gasteiger partial charge in [0, 0.05) is 6.42 Å². The summed E-state index contributed by atoms with van der Waals surface area (Å²) in [6.45, 7) is 1.80. The minimum absolute atomic E-state index is 0.190. The second-order valence-corrected chi connectivity index (χ2v) is 3.06. The van der Waals surface area contributed by atoms with E-state index in [2.05, 4.69) is 4.74 Å². The molecule has 1 N–H and O–H groups in total. The molecule has 0 spiro atoms. The number of halogens is 1. The zero-order chi connectivity index (χ0) is 11.1. The van der Waals surface area contributed by atoms with Crippen molar-refractivity contribution in [3.05, 3.63) is 0 Å². The monoisotopic (exact) mass is 222 g/mol. The van der Waals surface area contributed by atoms with Crippen molar-refractivity contribution in [1.82, 2.24) is 0 Å². The molecule has 0 aliphatic carbocycles. The smallest absolute Gasteiger partial charge is 0.322 e. The number of alkyl halides is 1. The van der Waals surface area contributed by atoms with Gasteiger partial charge in [-0.15, -0.1) is 11.6 Å². The van der Waals surface area contributed by atoms with E-state index in [1.807, 2.05) is 0 Å². The van der Waals surface area contributed by atoms with E-state index in [1.165, 1.54) is 0 Å². The number of hydrogen-bond donors (Lipinski definition) is 1. The Morgan fingerprint density at radius 3 is 2.43 bits per heavy atom. The molecular formula is C8H11ClO5. The highest BCUT2D eigenvalue weighted by atomic mass is 35.5. The molecule has 0 aromatic heterocycles. The van der Waals surface area contributed by atoms with Crippen molar-refractivity contribution >= 4 is 29.3 Å². The van der Waals surface area contributed by atoms with Crippen molar-refractivity contribution in [3.63, 3.8) is 0 Å². The number of carbonyl (C=O) groups is 3. The molecule has 14 heavy (non-hydrogen) atoms. The average Bonchev–Trinajstić information content (AvgIpc) is 2.03. The number of rotatable bonds is 6. The third-order valence-corrected chi connectivity index (χ3v) is 1.66. The van der Waals surface area contributed by atoms with Gasteiger partial charge in [0.2, 0.25) is 0 Å². The van der Waals surface area contributed by atoms with Crippen LogP contribution in [-0.4, -0.2) is 34.8 Å². The van der Waals surface area contributed by atoms with E-state index in [1.54, 1.807) is 6.92 Å². The zero-order valence-electron chi connectivity index (χ0n) is 7.66. The van der Waals surface area contributed by atoms with Gasteiger partial charge >= 0.3 is 11.9 Å². The van der Waals surface area contributed by atoms with Crippen LogP contribution in [0.1, 0.15) is 19.8 Å². The van der Waals surface area contributed by atoms with Gasteiger partial charge in [0.15, 0.2) is 0 Å². The lowest BCUT2D eigenvalue weighted by atomic mass is 10.1. The topological polar surface area (TPSA) is 80.7 Å². The molecule has 1 unspecified atom stereocenters. The van der Waals surface area contributed by atoms with Crippen molar-refractivity contribution in [2.24, 2.45) is 0 Å². The molecule has 0 aliphatic heterocycles. The van der Waals surface area contributed by atoms with E-state index in [0.29, 0.717) is 0 Å². The number of ketones is 1. The fraction of sp³-hybridized carbons (Fsp3) is 0.625. The quantitative estimate of drug-likeness (QED) is 0.404. The van der Waals surface area contributed by atoms with Gasteiger partial charge < -0.3 is 9.84 Å². The first-order valence-electron chi connectivity index (χ1n) is 4.01. The van der Waals surface area contributed by atoms with E-state index in [4.69, 9.17) is 16.7 Å². The van der Waals surface area contributed by atoms with Crippen molar-refractivity contribution in [2.75, 3.05) is 6.61 Å². The second kappa shape index (κ2) is 6.37. The first-order valence-corrected chi connectivity index (χ1v) is 4.45. The Kier molecular flexibility index (Phi) is 5.87. The lowest BCUT2D eigenvalue weighted by Crippen LogP contribution is -2.20. The number of Topliss-reactive ketones (excluding diaryl/α,β-unsaturated/α-hetero) is 1. The van der Waals surface area contributed by atoms with Crippen LogP contribution in [0.15, 0.2) is 0 Å². The molecule has 0 amide bonds. The summed E-state index contributed by atoms with van der Waals surface area (Å²) in [6, 6.07) is 0. The first-order chi connectivity index (χ1) is 6.47. The molecule has 0 saturated heterocycles. The Balaban J connectivity index is 3.86. The van der Waals surface area contributed by atoms with Gasteiger partial charge in [-0.1, -0.05) is 0 Å². The molecular weight excluding hydrogens is 212 g/mol. The number of carboxylic acids is 1. The summed E-state index contributed by atoms with van der Waals surface area (Å²) in [6.07, 6.45) is -0.792. The Labute approximate surface area is 86.0 Å². The van der Waals surface area contributed by atoms with Crippen molar-refractivity contribution in [1.29, 1.82) is 0 Å². The lowest BCUT2D eigenvalue weighted by molar-refractivity contribution is -0.146. The van der Waals surface area contributed by atoms with Gasteiger partial charge in [0.05, 0.1) is 6.61 Å². The van der Waals surface area contributed by atoms with Crippen LogP contribution in [0.3, 0.4) is 0 Å². The molecule has 0 aromatic rings. The van der Waals surface area contributed by atoms with Gasteiger partial charge in [-0.2, -0.15) is 0 Å². The largest absolute Gasteiger partial charge is 0.480 e. The van der Waals surface area contributed by atoms with Crippen LogP contribution in [0.25, 0.3) is 0 Å². The van der Waals surface area contributed by atoms with E-state index < -0.39 is 29.5 Å². The van der Waals surface area contributed by atoms with Crippen LogP contribution in [0, 0.1) is 0 Å². The van der Waals surface area contributed by atoms with Gasteiger partial charge in [0.1, 0.15) is 17.6 Å². The number of aliphatic carboxylic acids is 1. The van der Waals surface area contributed by atoms with Gasteiger partial charge in [0.25, 0.3) is 0 Å². The zero-order valence-corrected chi connectivity index (χ0v) is 8.41. The maximum absolute atomic E-state index is 11.0. The summed E-state index contributed by atoms with van der Waals surface area (Å²) in [5.41, 5.74) is 0. The van der Waals surface area contributed by atoms with Crippen LogP contribution in [0.5, 0.6) is 0 Å². The average molecular weight is 223 g/mol.